The lowest BCUT2D eigenvalue weighted by Gasteiger charge is -2.33. The van der Waals surface area contributed by atoms with Crippen molar-refractivity contribution in [2.75, 3.05) is 18.8 Å². The number of aliphatic carboxylic acids is 1. The Labute approximate surface area is 244 Å². The highest BCUT2D eigenvalue weighted by molar-refractivity contribution is 8.77. The molecule has 0 aromatic heterocycles. The van der Waals surface area contributed by atoms with E-state index in [1.54, 1.807) is 13.8 Å². The van der Waals surface area contributed by atoms with Crippen LogP contribution in [0.25, 0.3) is 0 Å². The molecule has 0 unspecified atom stereocenters. The number of nitrogens with two attached hydrogens (primary N) is 3. The Morgan fingerprint density at radius 2 is 1.68 bits per heavy atom. The summed E-state index contributed by atoms with van der Waals surface area (Å²) in [5.74, 6) is -6.38. The molecule has 1 saturated heterocycles. The molecule has 1 fully saturated rings. The second kappa shape index (κ2) is 16.5. The molecule has 0 saturated carbocycles. The van der Waals surface area contributed by atoms with Gasteiger partial charge in [0.1, 0.15) is 24.2 Å². The average Bonchev–Trinajstić information content (AvgIpc) is 2.84. The molecule has 230 valence electrons. The van der Waals surface area contributed by atoms with Crippen LogP contribution in [0, 0.1) is 0 Å². The van der Waals surface area contributed by atoms with Crippen LogP contribution in [0.3, 0.4) is 0 Å². The molecular weight excluding hydrogens is 582 g/mol. The smallest absolute Gasteiger partial charge is 0.305 e. The van der Waals surface area contributed by atoms with Crippen LogP contribution in [0.15, 0.2) is 4.99 Å². The Morgan fingerprint density at radius 3 is 2.24 bits per heavy atom. The lowest BCUT2D eigenvalue weighted by atomic mass is 10.0. The lowest BCUT2D eigenvalue weighted by molar-refractivity contribution is -0.141. The highest BCUT2D eigenvalue weighted by atomic mass is 33.1. The molecular formula is C22H37N9O8S2. The summed E-state index contributed by atoms with van der Waals surface area (Å²) in [6.07, 6.45) is -0.495. The van der Waals surface area contributed by atoms with Crippen LogP contribution in [-0.2, 0) is 33.6 Å². The monoisotopic (exact) mass is 619 g/mol. The summed E-state index contributed by atoms with van der Waals surface area (Å²) in [6, 6.07) is -5.18. The molecule has 0 radical (unpaired) electrons. The van der Waals surface area contributed by atoms with Crippen LogP contribution >= 0.6 is 21.6 Å². The first-order valence-electron chi connectivity index (χ1n) is 12.4. The fraction of sp³-hybridized carbons (Fsp3) is 0.636. The zero-order valence-electron chi connectivity index (χ0n) is 22.9. The molecule has 19 heteroatoms. The number of hydrogen-bond donors (Lipinski definition) is 9. The standard InChI is InChI=1S/C22H37N9O8S2/c1-10(32)28-13-9-40-41-22(2,3)16(17(23)36)31-19(38)12(7-15(34)35)29-14(33)8-27-18(37)11(30-20(13)39)5-4-6-26-21(24)25/h11-13,16H,4-9H2,1-3H3,(H2,23,36)(H,27,37)(H,28,32)(H,29,33)(H,30,39)(H,31,38)(H,34,35)(H4,24,25,26)/t11-,12+,13-,16+/m1/s1. The highest BCUT2D eigenvalue weighted by Gasteiger charge is 2.39. The number of guanidine groups is 1. The number of carbonyl (C=O) groups is 7. The highest BCUT2D eigenvalue weighted by Crippen LogP contribution is 2.38. The summed E-state index contributed by atoms with van der Waals surface area (Å²) in [7, 11) is 2.16. The normalized spacial score (nSPS) is 24.4. The topological polar surface area (TPSA) is 290 Å². The second-order valence-corrected chi connectivity index (χ2v) is 12.5. The van der Waals surface area contributed by atoms with Gasteiger partial charge in [0.2, 0.25) is 35.4 Å². The van der Waals surface area contributed by atoms with Gasteiger partial charge in [0.05, 0.1) is 13.0 Å². The van der Waals surface area contributed by atoms with Gasteiger partial charge in [-0.1, -0.05) is 21.6 Å². The van der Waals surface area contributed by atoms with E-state index in [1.807, 2.05) is 0 Å². The van der Waals surface area contributed by atoms with Gasteiger partial charge in [-0.25, -0.2) is 0 Å². The Kier molecular flexibility index (Phi) is 14.2. The Hall–Kier alpha value is -3.74. The lowest BCUT2D eigenvalue weighted by Crippen LogP contribution is -2.59. The number of nitrogens with zero attached hydrogens (tertiary/aromatic N) is 1. The molecule has 0 bridgehead atoms. The molecule has 12 N–H and O–H groups in total. The van der Waals surface area contributed by atoms with Gasteiger partial charge in [-0.2, -0.15) is 0 Å². The molecule has 0 aromatic carbocycles. The fourth-order valence-corrected chi connectivity index (χ4v) is 6.35. The third-order valence-electron chi connectivity index (χ3n) is 5.50. The van der Waals surface area contributed by atoms with E-state index < -0.39 is 83.3 Å². The number of amides is 6. The number of rotatable bonds is 8. The summed E-state index contributed by atoms with van der Waals surface area (Å²) in [6.45, 7) is 3.85. The first kappa shape index (κ1) is 35.3. The largest absolute Gasteiger partial charge is 0.481 e. The number of aliphatic imine (C=N–C) groups is 1. The molecule has 1 aliphatic rings. The van der Waals surface area contributed by atoms with E-state index in [9.17, 15) is 38.7 Å². The molecule has 0 spiro atoms. The van der Waals surface area contributed by atoms with Crippen LogP contribution in [0.2, 0.25) is 0 Å². The molecule has 1 heterocycles. The van der Waals surface area contributed by atoms with E-state index in [-0.39, 0.29) is 31.1 Å². The first-order valence-corrected chi connectivity index (χ1v) is 14.7. The summed E-state index contributed by atoms with van der Waals surface area (Å²) >= 11 is 0. The summed E-state index contributed by atoms with van der Waals surface area (Å²) in [5.41, 5.74) is 16.2. The van der Waals surface area contributed by atoms with Gasteiger partial charge in [0, 0.05) is 24.0 Å². The molecule has 1 rings (SSSR count). The number of carboxylic acids is 1. The SMILES string of the molecule is CC(=O)N[C@@H]1CSSC(C)(C)[C@H](C(N)=O)NC(=O)[C@H](CC(=O)O)NC(=O)CNC(=O)[C@@H](CCCN=C(N)N)NC1=O. The van der Waals surface area contributed by atoms with Crippen molar-refractivity contribution in [3.63, 3.8) is 0 Å². The van der Waals surface area contributed by atoms with Crippen LogP contribution in [-0.4, -0.2) is 100 Å². The maximum Gasteiger partial charge on any atom is 0.305 e. The maximum atomic E-state index is 13.1. The van der Waals surface area contributed by atoms with Crippen molar-refractivity contribution in [3.8, 4) is 0 Å². The van der Waals surface area contributed by atoms with Crippen molar-refractivity contribution >= 4 is 69.0 Å². The molecule has 4 atom stereocenters. The molecule has 0 aromatic rings. The predicted octanol–water partition coefficient (Wildman–Crippen LogP) is -3.75. The summed E-state index contributed by atoms with van der Waals surface area (Å²) in [4.78, 5) is 90.8. The Balaban J connectivity index is 3.37. The van der Waals surface area contributed by atoms with Crippen molar-refractivity contribution in [3.05, 3.63) is 0 Å². The number of carboxylic acid groups (broad SMARTS) is 1. The quantitative estimate of drug-likeness (QED) is 0.0548. The molecule has 6 amide bonds. The molecule has 17 nitrogen and oxygen atoms in total. The van der Waals surface area contributed by atoms with Gasteiger partial charge in [0.25, 0.3) is 0 Å². The fourth-order valence-electron chi connectivity index (χ4n) is 3.53. The van der Waals surface area contributed by atoms with Crippen molar-refractivity contribution < 1.29 is 38.7 Å². The van der Waals surface area contributed by atoms with Crippen LogP contribution < -0.4 is 43.8 Å². The van der Waals surface area contributed by atoms with Gasteiger partial charge in [-0.3, -0.25) is 38.6 Å². The summed E-state index contributed by atoms with van der Waals surface area (Å²) in [5, 5.41) is 21.3. The zero-order valence-corrected chi connectivity index (χ0v) is 24.5. The number of carbonyl (C=O) groups excluding carboxylic acids is 6. The van der Waals surface area contributed by atoms with Gasteiger partial charge >= 0.3 is 5.97 Å². The Bertz CT molecular complexity index is 1050. The van der Waals surface area contributed by atoms with Crippen molar-refractivity contribution in [2.24, 2.45) is 22.2 Å². The number of primary amides is 1. The zero-order chi connectivity index (χ0) is 31.3. The van der Waals surface area contributed by atoms with E-state index in [0.29, 0.717) is 0 Å². The second-order valence-electron chi connectivity index (χ2n) is 9.51. The summed E-state index contributed by atoms with van der Waals surface area (Å²) < 4.78 is -1.10. The van der Waals surface area contributed by atoms with Gasteiger partial charge in [-0.15, -0.1) is 0 Å². The van der Waals surface area contributed by atoms with Crippen LogP contribution in [0.1, 0.15) is 40.0 Å². The number of nitrogens with one attached hydrogen (secondary N) is 5. The minimum absolute atomic E-state index is 0.0110. The maximum absolute atomic E-state index is 13.1. The Morgan fingerprint density at radius 1 is 1.02 bits per heavy atom. The van der Waals surface area contributed by atoms with Crippen molar-refractivity contribution in [1.82, 2.24) is 26.6 Å². The van der Waals surface area contributed by atoms with E-state index >= 15 is 0 Å². The van der Waals surface area contributed by atoms with Gasteiger partial charge in [0.15, 0.2) is 5.96 Å². The van der Waals surface area contributed by atoms with Gasteiger partial charge < -0.3 is 48.9 Å². The third kappa shape index (κ3) is 13.0. The van der Waals surface area contributed by atoms with Gasteiger partial charge in [-0.05, 0) is 26.7 Å². The van der Waals surface area contributed by atoms with E-state index in [2.05, 4.69) is 31.6 Å². The van der Waals surface area contributed by atoms with Crippen LogP contribution in [0.4, 0.5) is 0 Å². The van der Waals surface area contributed by atoms with E-state index in [0.717, 1.165) is 21.6 Å². The molecule has 1 aliphatic heterocycles. The molecule has 0 aliphatic carbocycles. The van der Waals surface area contributed by atoms with Crippen molar-refractivity contribution in [2.45, 2.75) is 68.9 Å². The van der Waals surface area contributed by atoms with Crippen LogP contribution in [0.5, 0.6) is 0 Å². The molecule has 41 heavy (non-hydrogen) atoms. The van der Waals surface area contributed by atoms with E-state index in [4.69, 9.17) is 17.2 Å². The predicted molar refractivity (Wildman–Crippen MR) is 152 cm³/mol. The number of hydrogen-bond acceptors (Lipinski definition) is 10. The van der Waals surface area contributed by atoms with E-state index in [1.165, 1.54) is 6.92 Å². The minimum atomic E-state index is -1.60. The first-order chi connectivity index (χ1) is 19.0. The average molecular weight is 620 g/mol. The third-order valence-corrected chi connectivity index (χ3v) is 8.80. The van der Waals surface area contributed by atoms with Crippen molar-refractivity contribution in [1.29, 1.82) is 0 Å². The minimum Gasteiger partial charge on any atom is -0.481 e.